The summed E-state index contributed by atoms with van der Waals surface area (Å²) in [6.45, 7) is 9.23. The van der Waals surface area contributed by atoms with Gasteiger partial charge in [0.2, 0.25) is 0 Å². The van der Waals surface area contributed by atoms with Crippen LogP contribution in [0.2, 0.25) is 0 Å². The van der Waals surface area contributed by atoms with Gasteiger partial charge in [-0.25, -0.2) is 9.59 Å². The number of hydrogen-bond donors (Lipinski definition) is 1. The highest BCUT2D eigenvalue weighted by Gasteiger charge is 2.27. The third kappa shape index (κ3) is 7.53. The molecule has 1 amide bonds. The molecular weight excluding hydrogens is 302 g/mol. The predicted molar refractivity (Wildman–Crippen MR) is 72.7 cm³/mol. The second kappa shape index (κ2) is 7.61. The van der Waals surface area contributed by atoms with Crippen LogP contribution in [0.3, 0.4) is 0 Å². The van der Waals surface area contributed by atoms with E-state index in [0.29, 0.717) is 5.33 Å². The fourth-order valence-corrected chi connectivity index (χ4v) is 1.32. The Labute approximate surface area is 117 Å². The van der Waals surface area contributed by atoms with Gasteiger partial charge in [-0.2, -0.15) is 0 Å². The maximum Gasteiger partial charge on any atom is 0.408 e. The fourth-order valence-electron chi connectivity index (χ4n) is 1.16. The monoisotopic (exact) mass is 323 g/mol. The minimum Gasteiger partial charge on any atom is -0.463 e. The lowest BCUT2D eigenvalue weighted by Gasteiger charge is -2.24. The number of nitrogens with one attached hydrogen (secondary N) is 1. The van der Waals surface area contributed by atoms with E-state index in [0.717, 1.165) is 0 Å². The van der Waals surface area contributed by atoms with Crippen LogP contribution in [0.5, 0.6) is 0 Å². The van der Waals surface area contributed by atoms with Crippen molar-refractivity contribution in [1.29, 1.82) is 0 Å². The lowest BCUT2D eigenvalue weighted by atomic mass is 10.1. The number of alkyl halides is 1. The van der Waals surface area contributed by atoms with Crippen molar-refractivity contribution in [1.82, 2.24) is 5.32 Å². The maximum absolute atomic E-state index is 11.7. The van der Waals surface area contributed by atoms with Crippen molar-refractivity contribution < 1.29 is 19.1 Å². The van der Waals surface area contributed by atoms with Crippen molar-refractivity contribution in [3.63, 3.8) is 0 Å². The van der Waals surface area contributed by atoms with Gasteiger partial charge in [0, 0.05) is 5.33 Å². The van der Waals surface area contributed by atoms with E-state index in [1.54, 1.807) is 20.8 Å². The number of esters is 1. The first kappa shape index (κ1) is 17.2. The Kier molecular flexibility index (Phi) is 7.28. The van der Waals surface area contributed by atoms with Gasteiger partial charge in [-0.3, -0.25) is 0 Å². The van der Waals surface area contributed by atoms with Crippen LogP contribution in [0.25, 0.3) is 0 Å². The molecule has 5 nitrogen and oxygen atoms in total. The van der Waals surface area contributed by atoms with Crippen molar-refractivity contribution in [3.8, 4) is 0 Å². The zero-order chi connectivity index (χ0) is 14.3. The highest BCUT2D eigenvalue weighted by atomic mass is 79.9. The van der Waals surface area contributed by atoms with Crippen molar-refractivity contribution >= 4 is 28.0 Å². The Morgan fingerprint density at radius 1 is 1.28 bits per heavy atom. The average Bonchev–Trinajstić information content (AvgIpc) is 2.19. The summed E-state index contributed by atoms with van der Waals surface area (Å²) in [6.07, 6.45) is -0.614. The maximum atomic E-state index is 11.7. The van der Waals surface area contributed by atoms with Crippen LogP contribution < -0.4 is 5.32 Å². The molecule has 0 rings (SSSR count). The fraction of sp³-hybridized carbons (Fsp3) is 0.833. The quantitative estimate of drug-likeness (QED) is 0.623. The van der Waals surface area contributed by atoms with Gasteiger partial charge in [-0.05, 0) is 26.7 Å². The predicted octanol–water partition coefficient (Wildman–Crippen LogP) is 2.47. The summed E-state index contributed by atoms with van der Waals surface area (Å²) in [5, 5.41) is 3.10. The van der Waals surface area contributed by atoms with Gasteiger partial charge in [0.25, 0.3) is 0 Å². The molecule has 0 saturated heterocycles. The Morgan fingerprint density at radius 3 is 2.22 bits per heavy atom. The molecule has 1 N–H and O–H groups in total. The summed E-state index contributed by atoms with van der Waals surface area (Å²) in [4.78, 5) is 23.3. The molecule has 0 aromatic carbocycles. The van der Waals surface area contributed by atoms with Gasteiger partial charge in [0.15, 0.2) is 0 Å². The largest absolute Gasteiger partial charge is 0.463 e. The second-order valence-electron chi connectivity index (χ2n) is 5.22. The van der Waals surface area contributed by atoms with E-state index in [9.17, 15) is 9.59 Å². The molecule has 0 aliphatic rings. The van der Waals surface area contributed by atoms with E-state index < -0.39 is 23.7 Å². The molecule has 0 radical (unpaired) electrons. The molecule has 0 aliphatic carbocycles. The summed E-state index contributed by atoms with van der Waals surface area (Å²) >= 11 is 3.17. The van der Waals surface area contributed by atoms with Crippen LogP contribution >= 0.6 is 15.9 Å². The molecule has 0 aromatic rings. The van der Waals surface area contributed by atoms with E-state index in [2.05, 4.69) is 21.2 Å². The van der Waals surface area contributed by atoms with Crippen LogP contribution in [0.1, 0.15) is 34.6 Å². The number of halogens is 1. The van der Waals surface area contributed by atoms with Crippen LogP contribution in [-0.4, -0.2) is 35.6 Å². The van der Waals surface area contributed by atoms with Crippen molar-refractivity contribution in [2.45, 2.75) is 46.3 Å². The van der Waals surface area contributed by atoms with Gasteiger partial charge in [-0.1, -0.05) is 29.8 Å². The number of ether oxygens (including phenoxy) is 2. The molecule has 0 heterocycles. The number of rotatable bonds is 5. The number of carbonyl (C=O) groups excluding carboxylic acids is 2. The molecule has 0 spiro atoms. The van der Waals surface area contributed by atoms with E-state index in [1.807, 2.05) is 13.8 Å². The highest BCUT2D eigenvalue weighted by molar-refractivity contribution is 9.09. The topological polar surface area (TPSA) is 64.6 Å². The van der Waals surface area contributed by atoms with Gasteiger partial charge < -0.3 is 14.8 Å². The standard InChI is InChI=1S/C12H22BrNO4/c1-8(2)9(10(15)17-7-6-13)14-11(16)18-12(3,4)5/h8-9H,6-7H2,1-5H3,(H,14,16)/t9-/m0/s1. The summed E-state index contributed by atoms with van der Waals surface area (Å²) < 4.78 is 10.1. The molecule has 0 fully saturated rings. The van der Waals surface area contributed by atoms with Crippen LogP contribution in [0, 0.1) is 5.92 Å². The van der Waals surface area contributed by atoms with Gasteiger partial charge in [0.05, 0.1) is 0 Å². The van der Waals surface area contributed by atoms with Gasteiger partial charge in [0.1, 0.15) is 18.2 Å². The molecule has 0 unspecified atom stereocenters. The van der Waals surface area contributed by atoms with Crippen LogP contribution in [0.4, 0.5) is 4.79 Å². The minimum atomic E-state index is -0.695. The van der Waals surface area contributed by atoms with Crippen LogP contribution in [0.15, 0.2) is 0 Å². The number of carbonyl (C=O) groups is 2. The molecule has 1 atom stereocenters. The summed E-state index contributed by atoms with van der Waals surface area (Å²) in [5.74, 6) is -0.518. The highest BCUT2D eigenvalue weighted by Crippen LogP contribution is 2.09. The normalized spacial score (nSPS) is 13.1. The lowest BCUT2D eigenvalue weighted by Crippen LogP contribution is -2.47. The van der Waals surface area contributed by atoms with Crippen molar-refractivity contribution in [2.24, 2.45) is 5.92 Å². The van der Waals surface area contributed by atoms with E-state index in [1.165, 1.54) is 0 Å². The summed E-state index contributed by atoms with van der Waals surface area (Å²) in [7, 11) is 0. The molecule has 6 heteroatoms. The third-order valence-corrected chi connectivity index (χ3v) is 2.24. The zero-order valence-electron chi connectivity index (χ0n) is 11.6. The summed E-state index contributed by atoms with van der Waals surface area (Å²) in [6, 6.07) is -0.695. The molecule has 0 bridgehead atoms. The first-order valence-electron chi connectivity index (χ1n) is 5.89. The Hall–Kier alpha value is -0.780. The van der Waals surface area contributed by atoms with Crippen molar-refractivity contribution in [2.75, 3.05) is 11.9 Å². The number of hydrogen-bond acceptors (Lipinski definition) is 4. The molecule has 0 saturated carbocycles. The smallest absolute Gasteiger partial charge is 0.408 e. The number of alkyl carbamates (subject to hydrolysis) is 1. The third-order valence-electron chi connectivity index (χ3n) is 1.91. The zero-order valence-corrected chi connectivity index (χ0v) is 13.2. The Morgan fingerprint density at radius 2 is 1.83 bits per heavy atom. The second-order valence-corrected chi connectivity index (χ2v) is 6.02. The van der Waals surface area contributed by atoms with E-state index in [-0.39, 0.29) is 12.5 Å². The molecule has 106 valence electrons. The van der Waals surface area contributed by atoms with Crippen LogP contribution in [-0.2, 0) is 14.3 Å². The molecule has 0 aliphatic heterocycles. The number of amides is 1. The SMILES string of the molecule is CC(C)[C@H](NC(=O)OC(C)(C)C)C(=O)OCCBr. The van der Waals surface area contributed by atoms with Gasteiger partial charge in [-0.15, -0.1) is 0 Å². The van der Waals surface area contributed by atoms with Crippen molar-refractivity contribution in [3.05, 3.63) is 0 Å². The first-order valence-corrected chi connectivity index (χ1v) is 7.01. The summed E-state index contributed by atoms with van der Waals surface area (Å²) in [5.41, 5.74) is -0.592. The molecule has 0 aromatic heterocycles. The minimum absolute atomic E-state index is 0.0691. The van der Waals surface area contributed by atoms with Gasteiger partial charge >= 0.3 is 12.1 Å². The Bertz CT molecular complexity index is 286. The van der Waals surface area contributed by atoms with E-state index >= 15 is 0 Å². The van der Waals surface area contributed by atoms with E-state index in [4.69, 9.17) is 9.47 Å². The molecular formula is C12H22BrNO4. The first-order chi connectivity index (χ1) is 8.17. The average molecular weight is 324 g/mol. The Balaban J connectivity index is 4.45. The lowest BCUT2D eigenvalue weighted by molar-refractivity contribution is -0.146. The molecule has 18 heavy (non-hydrogen) atoms.